The quantitative estimate of drug-likeness (QED) is 0.409. The summed E-state index contributed by atoms with van der Waals surface area (Å²) in [5.41, 5.74) is 0. The van der Waals surface area contributed by atoms with Crippen molar-refractivity contribution in [2.75, 3.05) is 18.8 Å². The number of rotatable bonds is 9. The van der Waals surface area contributed by atoms with E-state index in [1.165, 1.54) is 6.08 Å². The number of carbonyl (C=O) groups excluding carboxylic acids is 2. The van der Waals surface area contributed by atoms with Crippen LogP contribution in [0.15, 0.2) is 11.5 Å². The summed E-state index contributed by atoms with van der Waals surface area (Å²) in [7, 11) is -3.14. The molecule has 0 aromatic heterocycles. The first-order valence-electron chi connectivity index (χ1n) is 6.66. The first kappa shape index (κ1) is 16.5. The van der Waals surface area contributed by atoms with Crippen LogP contribution >= 0.6 is 0 Å². The van der Waals surface area contributed by atoms with E-state index in [9.17, 15) is 18.0 Å². The fourth-order valence-corrected chi connectivity index (χ4v) is 3.09. The van der Waals surface area contributed by atoms with E-state index in [1.807, 2.05) is 0 Å². The molecule has 1 aliphatic rings. The molecule has 20 heavy (non-hydrogen) atoms. The van der Waals surface area contributed by atoms with E-state index in [0.29, 0.717) is 19.5 Å². The van der Waals surface area contributed by atoms with Crippen molar-refractivity contribution in [1.82, 2.24) is 16.0 Å². The molecular weight excluding hydrogens is 282 g/mol. The van der Waals surface area contributed by atoms with Gasteiger partial charge in [-0.15, -0.1) is 0 Å². The van der Waals surface area contributed by atoms with Crippen molar-refractivity contribution in [3.05, 3.63) is 11.5 Å². The Morgan fingerprint density at radius 1 is 1.20 bits per heavy atom. The van der Waals surface area contributed by atoms with Gasteiger partial charge in [0.25, 0.3) is 0 Å². The highest BCUT2D eigenvalue weighted by molar-refractivity contribution is 7.94. The topological polar surface area (TPSA) is 104 Å². The number of hydrogen-bond acceptors (Lipinski definition) is 4. The van der Waals surface area contributed by atoms with E-state index in [-0.39, 0.29) is 11.8 Å². The molecule has 0 bridgehead atoms. The fourth-order valence-electron chi connectivity index (χ4n) is 1.85. The van der Waals surface area contributed by atoms with Crippen LogP contribution in [0, 0.1) is 0 Å². The van der Waals surface area contributed by atoms with E-state index in [1.54, 1.807) is 0 Å². The van der Waals surface area contributed by atoms with Crippen LogP contribution < -0.4 is 16.0 Å². The van der Waals surface area contributed by atoms with Crippen molar-refractivity contribution < 1.29 is 18.0 Å². The Bertz CT molecular complexity index is 448. The molecule has 0 radical (unpaired) electrons. The molecule has 1 heterocycles. The fraction of sp³-hybridized carbons (Fsp3) is 0.667. The lowest BCUT2D eigenvalue weighted by Gasteiger charge is -2.11. The van der Waals surface area contributed by atoms with Gasteiger partial charge in [-0.2, -0.15) is 0 Å². The van der Waals surface area contributed by atoms with Crippen LogP contribution in [0.3, 0.4) is 0 Å². The summed E-state index contributed by atoms with van der Waals surface area (Å²) in [5, 5.41) is 9.00. The number of carbonyl (C=O) groups is 2. The molecule has 8 heteroatoms. The summed E-state index contributed by atoms with van der Waals surface area (Å²) in [6.07, 6.45) is 5.91. The highest BCUT2D eigenvalue weighted by Crippen LogP contribution is 2.07. The van der Waals surface area contributed by atoms with Gasteiger partial charge < -0.3 is 16.0 Å². The Balaban J connectivity index is 1.98. The molecule has 1 unspecified atom stereocenters. The zero-order valence-electron chi connectivity index (χ0n) is 11.3. The Hall–Kier alpha value is -1.57. The first-order valence-corrected chi connectivity index (χ1v) is 8.37. The second-order valence-electron chi connectivity index (χ2n) is 4.65. The molecule has 0 spiro atoms. The minimum atomic E-state index is -3.14. The number of urea groups is 1. The van der Waals surface area contributed by atoms with Gasteiger partial charge in [0, 0.05) is 18.5 Å². The third kappa shape index (κ3) is 7.13. The van der Waals surface area contributed by atoms with E-state index in [4.69, 9.17) is 0 Å². The van der Waals surface area contributed by atoms with E-state index in [0.717, 1.165) is 31.1 Å². The summed E-state index contributed by atoms with van der Waals surface area (Å²) in [6.45, 7) is 1.23. The molecule has 3 N–H and O–H groups in total. The second kappa shape index (κ2) is 8.57. The summed E-state index contributed by atoms with van der Waals surface area (Å²) in [6, 6.07) is -0.784. The van der Waals surface area contributed by atoms with Crippen LogP contribution in [0.25, 0.3) is 0 Å². The van der Waals surface area contributed by atoms with E-state index in [2.05, 4.69) is 16.0 Å². The van der Waals surface area contributed by atoms with Gasteiger partial charge in [0.2, 0.25) is 6.41 Å². The van der Waals surface area contributed by atoms with Gasteiger partial charge in [-0.25, -0.2) is 13.2 Å². The van der Waals surface area contributed by atoms with Gasteiger partial charge in [-0.05, 0) is 18.9 Å². The van der Waals surface area contributed by atoms with Crippen molar-refractivity contribution in [2.45, 2.75) is 31.7 Å². The second-order valence-corrected chi connectivity index (χ2v) is 6.58. The molecule has 1 atom stereocenters. The third-order valence-electron chi connectivity index (χ3n) is 2.86. The largest absolute Gasteiger partial charge is 0.359 e. The Morgan fingerprint density at radius 2 is 1.90 bits per heavy atom. The minimum Gasteiger partial charge on any atom is -0.359 e. The number of hydrogen-bond donors (Lipinski definition) is 3. The monoisotopic (exact) mass is 303 g/mol. The van der Waals surface area contributed by atoms with Gasteiger partial charge in [0.05, 0.1) is 11.8 Å². The Kier molecular flexibility index (Phi) is 7.06. The van der Waals surface area contributed by atoms with Crippen LogP contribution in [0.5, 0.6) is 0 Å². The normalized spacial score (nSPS) is 19.5. The van der Waals surface area contributed by atoms with Gasteiger partial charge in [0.1, 0.15) is 0 Å². The Labute approximate surface area is 119 Å². The number of sulfone groups is 1. The summed E-state index contributed by atoms with van der Waals surface area (Å²) in [4.78, 5) is 21.5. The molecule has 114 valence electrons. The maximum absolute atomic E-state index is 11.5. The molecule has 0 saturated carbocycles. The molecule has 0 aromatic rings. The van der Waals surface area contributed by atoms with Gasteiger partial charge in [-0.3, -0.25) is 4.79 Å². The third-order valence-corrected chi connectivity index (χ3v) is 4.26. The standard InChI is InChI=1S/C12H21N3O4S/c16-10-13-6-3-1-2-4-7-14-12(17)15-11-5-8-20(18,19)9-11/h5,8,10-11H,1-4,6-7,9H2,(H,13,16)(H2,14,15,17). The van der Waals surface area contributed by atoms with Crippen molar-refractivity contribution in [3.63, 3.8) is 0 Å². The predicted molar refractivity (Wildman–Crippen MR) is 75.8 cm³/mol. The van der Waals surface area contributed by atoms with Gasteiger partial charge in [-0.1, -0.05) is 12.8 Å². The molecule has 1 rings (SSSR count). The Morgan fingerprint density at radius 3 is 2.50 bits per heavy atom. The van der Waals surface area contributed by atoms with Crippen LogP contribution in [-0.4, -0.2) is 45.7 Å². The van der Waals surface area contributed by atoms with Crippen LogP contribution in [-0.2, 0) is 14.6 Å². The zero-order valence-corrected chi connectivity index (χ0v) is 12.1. The smallest absolute Gasteiger partial charge is 0.315 e. The number of amides is 3. The number of nitrogens with one attached hydrogen (secondary N) is 3. The van der Waals surface area contributed by atoms with E-state index < -0.39 is 15.9 Å². The minimum absolute atomic E-state index is 0.0653. The molecule has 0 aromatic carbocycles. The van der Waals surface area contributed by atoms with E-state index >= 15 is 0 Å². The highest BCUT2D eigenvalue weighted by Gasteiger charge is 2.22. The predicted octanol–water partition coefficient (Wildman–Crippen LogP) is -0.0973. The van der Waals surface area contributed by atoms with Crippen LogP contribution in [0.1, 0.15) is 25.7 Å². The lowest BCUT2D eigenvalue weighted by Crippen LogP contribution is -2.42. The first-order chi connectivity index (χ1) is 9.53. The molecule has 0 aliphatic carbocycles. The van der Waals surface area contributed by atoms with Gasteiger partial charge in [0.15, 0.2) is 9.84 Å². The summed E-state index contributed by atoms with van der Waals surface area (Å²) >= 11 is 0. The maximum Gasteiger partial charge on any atom is 0.315 e. The molecule has 7 nitrogen and oxygen atoms in total. The van der Waals surface area contributed by atoms with Crippen molar-refractivity contribution in [2.24, 2.45) is 0 Å². The van der Waals surface area contributed by atoms with Crippen molar-refractivity contribution in [1.29, 1.82) is 0 Å². The van der Waals surface area contributed by atoms with Crippen LogP contribution in [0.4, 0.5) is 4.79 Å². The SMILES string of the molecule is O=CNCCCCCCNC(=O)NC1C=CS(=O)(=O)C1. The maximum atomic E-state index is 11.5. The van der Waals surface area contributed by atoms with Crippen molar-refractivity contribution in [3.8, 4) is 0 Å². The average Bonchev–Trinajstić information content (AvgIpc) is 2.72. The summed E-state index contributed by atoms with van der Waals surface area (Å²) < 4.78 is 22.3. The lowest BCUT2D eigenvalue weighted by molar-refractivity contribution is -0.109. The lowest BCUT2D eigenvalue weighted by atomic mass is 10.2. The number of unbranched alkanes of at least 4 members (excludes halogenated alkanes) is 3. The molecule has 0 saturated heterocycles. The average molecular weight is 303 g/mol. The molecule has 0 fully saturated rings. The van der Waals surface area contributed by atoms with Gasteiger partial charge >= 0.3 is 6.03 Å². The summed E-state index contributed by atoms with van der Waals surface area (Å²) in [5.74, 6) is -0.0653. The van der Waals surface area contributed by atoms with Crippen LogP contribution in [0.2, 0.25) is 0 Å². The molecule has 1 aliphatic heterocycles. The highest BCUT2D eigenvalue weighted by atomic mass is 32.2. The zero-order chi connectivity index (χ0) is 14.8. The molecule has 3 amide bonds. The molecular formula is C12H21N3O4S. The van der Waals surface area contributed by atoms with Crippen molar-refractivity contribution >= 4 is 22.3 Å².